The van der Waals surface area contributed by atoms with Crippen LogP contribution in [0.1, 0.15) is 40.3 Å². The second-order valence-electron chi connectivity index (χ2n) is 7.39. The summed E-state index contributed by atoms with van der Waals surface area (Å²) >= 11 is 0. The van der Waals surface area contributed by atoms with Crippen LogP contribution >= 0.6 is 0 Å². The fourth-order valence-electron chi connectivity index (χ4n) is 4.05. The van der Waals surface area contributed by atoms with Crippen LogP contribution < -0.4 is 0 Å². The summed E-state index contributed by atoms with van der Waals surface area (Å²) in [6.07, 6.45) is 1.50. The number of carbonyl (C=O) groups is 1. The maximum Gasteiger partial charge on any atom is 0.356 e. The highest BCUT2D eigenvalue weighted by molar-refractivity contribution is 6.16. The summed E-state index contributed by atoms with van der Waals surface area (Å²) < 4.78 is 16.6. The quantitative estimate of drug-likeness (QED) is 0.498. The predicted molar refractivity (Wildman–Crippen MR) is 116 cm³/mol. The summed E-state index contributed by atoms with van der Waals surface area (Å²) in [7, 11) is 0. The number of benzene rings is 3. The van der Waals surface area contributed by atoms with E-state index in [-0.39, 0.29) is 11.5 Å². The lowest BCUT2D eigenvalue weighted by molar-refractivity contribution is 0.0689. The van der Waals surface area contributed by atoms with Crippen molar-refractivity contribution in [1.82, 2.24) is 9.55 Å². The Kier molecular flexibility index (Phi) is 4.47. The SMILES string of the molecule is C[C@H]1N=C(c2ccccc2F)c2cc(-c3ccccc3)ccc2-n2cnc(C(=O)O)c21. The number of hydrogen-bond acceptors (Lipinski definition) is 3. The molecular weight excluding hydrogens is 393 g/mol. The molecule has 0 saturated carbocycles. The number of rotatable bonds is 3. The topological polar surface area (TPSA) is 67.5 Å². The Bertz CT molecular complexity index is 1340. The monoisotopic (exact) mass is 411 g/mol. The molecule has 1 aliphatic rings. The van der Waals surface area contributed by atoms with Crippen molar-refractivity contribution in [2.75, 3.05) is 0 Å². The van der Waals surface area contributed by atoms with Gasteiger partial charge in [-0.25, -0.2) is 14.2 Å². The molecule has 1 aliphatic heterocycles. The molecule has 1 N–H and O–H groups in total. The van der Waals surface area contributed by atoms with E-state index in [9.17, 15) is 14.3 Å². The fraction of sp³-hybridized carbons (Fsp3) is 0.0800. The standard InChI is InChI=1S/C25H18FN3O2/c1-15-24-23(25(30)31)27-14-29(24)21-12-11-17(16-7-3-2-4-8-16)13-19(21)22(28-15)18-9-5-6-10-20(18)26/h2-15H,1H3,(H,30,31)/t15-/m1/s1. The third kappa shape index (κ3) is 3.13. The third-order valence-corrected chi connectivity index (χ3v) is 5.47. The zero-order valence-corrected chi connectivity index (χ0v) is 16.7. The summed E-state index contributed by atoms with van der Waals surface area (Å²) in [6.45, 7) is 1.80. The molecule has 3 aromatic carbocycles. The van der Waals surface area contributed by atoms with E-state index in [0.29, 0.717) is 28.2 Å². The second-order valence-corrected chi connectivity index (χ2v) is 7.39. The number of carboxylic acids is 1. The Balaban J connectivity index is 1.82. The van der Waals surface area contributed by atoms with Crippen molar-refractivity contribution >= 4 is 11.7 Å². The third-order valence-electron chi connectivity index (χ3n) is 5.47. The zero-order valence-electron chi connectivity index (χ0n) is 16.7. The van der Waals surface area contributed by atoms with Crippen molar-refractivity contribution in [3.05, 3.63) is 107 Å². The Hall–Kier alpha value is -4.06. The average Bonchev–Trinajstić information content (AvgIpc) is 3.19. The first kappa shape index (κ1) is 18.9. The molecule has 31 heavy (non-hydrogen) atoms. The molecule has 2 heterocycles. The molecule has 0 unspecified atom stereocenters. The highest BCUT2D eigenvalue weighted by atomic mass is 19.1. The number of nitrogens with zero attached hydrogens (tertiary/aromatic N) is 3. The second kappa shape index (κ2) is 7.32. The van der Waals surface area contributed by atoms with Crippen LogP contribution in [0.3, 0.4) is 0 Å². The molecule has 0 fully saturated rings. The van der Waals surface area contributed by atoms with Crippen molar-refractivity contribution in [2.24, 2.45) is 4.99 Å². The van der Waals surface area contributed by atoms with Gasteiger partial charge < -0.3 is 5.11 Å². The largest absolute Gasteiger partial charge is 0.476 e. The molecule has 0 radical (unpaired) electrons. The van der Waals surface area contributed by atoms with Gasteiger partial charge in [-0.2, -0.15) is 0 Å². The molecule has 0 saturated heterocycles. The first-order valence-corrected chi connectivity index (χ1v) is 9.88. The molecule has 152 valence electrons. The Morgan fingerprint density at radius 3 is 2.45 bits per heavy atom. The maximum absolute atomic E-state index is 14.8. The summed E-state index contributed by atoms with van der Waals surface area (Å²) in [6, 6.07) is 21.7. The number of fused-ring (bicyclic) bond motifs is 3. The van der Waals surface area contributed by atoms with E-state index in [1.54, 1.807) is 29.7 Å². The normalized spacial score (nSPS) is 14.9. The molecular formula is C25H18FN3O2. The lowest BCUT2D eigenvalue weighted by Gasteiger charge is -2.14. The van der Waals surface area contributed by atoms with E-state index >= 15 is 0 Å². The van der Waals surface area contributed by atoms with Crippen LogP contribution in [0, 0.1) is 5.82 Å². The highest BCUT2D eigenvalue weighted by Crippen LogP contribution is 2.35. The van der Waals surface area contributed by atoms with Gasteiger partial charge in [-0.05, 0) is 42.3 Å². The lowest BCUT2D eigenvalue weighted by atomic mass is 9.95. The molecule has 6 heteroatoms. The van der Waals surface area contributed by atoms with Gasteiger partial charge >= 0.3 is 5.97 Å². The maximum atomic E-state index is 14.8. The zero-order chi connectivity index (χ0) is 21.5. The molecule has 0 spiro atoms. The summed E-state index contributed by atoms with van der Waals surface area (Å²) in [5, 5.41) is 9.62. The lowest BCUT2D eigenvalue weighted by Crippen LogP contribution is -2.09. The molecule has 0 amide bonds. The molecule has 1 aromatic heterocycles. The minimum Gasteiger partial charge on any atom is -0.476 e. The number of aromatic nitrogens is 2. The molecule has 4 aromatic rings. The van der Waals surface area contributed by atoms with Gasteiger partial charge in [0.15, 0.2) is 5.69 Å². The van der Waals surface area contributed by atoms with Crippen LogP contribution in [0.15, 0.2) is 84.1 Å². The average molecular weight is 411 g/mol. The first-order valence-electron chi connectivity index (χ1n) is 9.88. The van der Waals surface area contributed by atoms with E-state index < -0.39 is 12.0 Å². The van der Waals surface area contributed by atoms with Crippen LogP contribution in [0.5, 0.6) is 0 Å². The van der Waals surface area contributed by atoms with Crippen molar-refractivity contribution < 1.29 is 14.3 Å². The van der Waals surface area contributed by atoms with Crippen LogP contribution in [0.25, 0.3) is 16.8 Å². The van der Waals surface area contributed by atoms with Crippen LogP contribution in [-0.2, 0) is 0 Å². The van der Waals surface area contributed by atoms with Gasteiger partial charge in [-0.1, -0.05) is 48.5 Å². The van der Waals surface area contributed by atoms with Crippen LogP contribution in [0.2, 0.25) is 0 Å². The molecule has 1 atom stereocenters. The summed E-state index contributed by atoms with van der Waals surface area (Å²) in [5.74, 6) is -1.50. The summed E-state index contributed by atoms with van der Waals surface area (Å²) in [4.78, 5) is 20.7. The minimum atomic E-state index is -1.12. The molecule has 5 rings (SSSR count). The predicted octanol–water partition coefficient (Wildman–Crippen LogP) is 5.29. The highest BCUT2D eigenvalue weighted by Gasteiger charge is 2.29. The Morgan fingerprint density at radius 2 is 1.71 bits per heavy atom. The van der Waals surface area contributed by atoms with Gasteiger partial charge in [0, 0.05) is 11.1 Å². The van der Waals surface area contributed by atoms with Crippen molar-refractivity contribution in [2.45, 2.75) is 13.0 Å². The number of aliphatic imine (C=N–C) groups is 1. The number of carboxylic acid groups (broad SMARTS) is 1. The van der Waals surface area contributed by atoms with Gasteiger partial charge in [0.25, 0.3) is 0 Å². The van der Waals surface area contributed by atoms with E-state index in [1.165, 1.54) is 12.4 Å². The van der Waals surface area contributed by atoms with E-state index in [4.69, 9.17) is 4.99 Å². The Labute approximate surface area is 178 Å². The Morgan fingerprint density at radius 1 is 0.968 bits per heavy atom. The summed E-state index contributed by atoms with van der Waals surface area (Å²) in [5.41, 5.74) is 4.67. The fourth-order valence-corrected chi connectivity index (χ4v) is 4.05. The van der Waals surface area contributed by atoms with Gasteiger partial charge in [0.2, 0.25) is 0 Å². The van der Waals surface area contributed by atoms with E-state index in [0.717, 1.165) is 11.1 Å². The van der Waals surface area contributed by atoms with E-state index in [1.807, 2.05) is 48.5 Å². The number of imidazole rings is 1. The molecule has 0 bridgehead atoms. The minimum absolute atomic E-state index is 0.0517. The van der Waals surface area contributed by atoms with Crippen LogP contribution in [-0.4, -0.2) is 26.3 Å². The van der Waals surface area contributed by atoms with Gasteiger partial charge in [-0.3, -0.25) is 9.56 Å². The van der Waals surface area contributed by atoms with Gasteiger partial charge in [0.05, 0.1) is 23.1 Å². The molecule has 5 nitrogen and oxygen atoms in total. The van der Waals surface area contributed by atoms with Crippen molar-refractivity contribution in [1.29, 1.82) is 0 Å². The molecule has 0 aliphatic carbocycles. The van der Waals surface area contributed by atoms with Crippen LogP contribution in [0.4, 0.5) is 4.39 Å². The van der Waals surface area contributed by atoms with Gasteiger partial charge in [0.1, 0.15) is 12.1 Å². The van der Waals surface area contributed by atoms with Gasteiger partial charge in [-0.15, -0.1) is 0 Å². The number of hydrogen-bond donors (Lipinski definition) is 1. The van der Waals surface area contributed by atoms with Crippen molar-refractivity contribution in [3.8, 4) is 16.8 Å². The van der Waals surface area contributed by atoms with Crippen molar-refractivity contribution in [3.63, 3.8) is 0 Å². The van der Waals surface area contributed by atoms with E-state index in [2.05, 4.69) is 4.98 Å². The first-order chi connectivity index (χ1) is 15.0. The number of aromatic carboxylic acids is 1. The smallest absolute Gasteiger partial charge is 0.356 e. The number of halogens is 1.